The summed E-state index contributed by atoms with van der Waals surface area (Å²) in [4.78, 5) is 16.8. The lowest BCUT2D eigenvalue weighted by Crippen LogP contribution is -2.49. The van der Waals surface area contributed by atoms with Crippen LogP contribution in [0, 0.1) is 0 Å². The number of fused-ring (bicyclic) bond motifs is 2. The summed E-state index contributed by atoms with van der Waals surface area (Å²) < 4.78 is 11.7. The zero-order valence-corrected chi connectivity index (χ0v) is 16.9. The van der Waals surface area contributed by atoms with Gasteiger partial charge < -0.3 is 20.1 Å². The van der Waals surface area contributed by atoms with Crippen LogP contribution in [0.15, 0.2) is 48.8 Å². The molecule has 1 saturated heterocycles. The van der Waals surface area contributed by atoms with Crippen LogP contribution in [0.5, 0.6) is 0 Å². The number of methoxy groups -OCH3 is 1. The molecule has 0 bridgehead atoms. The van der Waals surface area contributed by atoms with Crippen LogP contribution in [-0.2, 0) is 26.3 Å². The van der Waals surface area contributed by atoms with Gasteiger partial charge in [0, 0.05) is 31.3 Å². The molecule has 2 atom stereocenters. The number of pyridine rings is 1. The number of benzene rings is 1. The number of rotatable bonds is 7. The fourth-order valence-corrected chi connectivity index (χ4v) is 4.80. The van der Waals surface area contributed by atoms with Crippen molar-refractivity contribution >= 4 is 5.91 Å². The molecule has 0 radical (unpaired) electrons. The van der Waals surface area contributed by atoms with Crippen LogP contribution in [0.3, 0.4) is 0 Å². The molecule has 1 aromatic carbocycles. The maximum Gasteiger partial charge on any atom is 0.222 e. The second kappa shape index (κ2) is 9.03. The summed E-state index contributed by atoms with van der Waals surface area (Å²) in [6, 6.07) is 12.3. The van der Waals surface area contributed by atoms with Crippen molar-refractivity contribution < 1.29 is 14.3 Å². The number of nitrogens with zero attached hydrogens (tertiary/aromatic N) is 1. The fourth-order valence-electron chi connectivity index (χ4n) is 4.80. The number of hydrogen-bond acceptors (Lipinski definition) is 5. The quantitative estimate of drug-likeness (QED) is 0.754. The number of aromatic nitrogens is 1. The van der Waals surface area contributed by atoms with Gasteiger partial charge in [-0.05, 0) is 48.7 Å². The third kappa shape index (κ3) is 4.06. The summed E-state index contributed by atoms with van der Waals surface area (Å²) in [6.07, 6.45) is 5.82. The van der Waals surface area contributed by atoms with E-state index >= 15 is 0 Å². The van der Waals surface area contributed by atoms with E-state index < -0.39 is 0 Å². The normalized spacial score (nSPS) is 22.4. The number of ether oxygens (including phenoxy) is 2. The molecule has 1 aliphatic carbocycles. The molecular formula is C23H29N3O3. The van der Waals surface area contributed by atoms with E-state index in [2.05, 4.69) is 33.8 Å². The van der Waals surface area contributed by atoms with E-state index in [0.717, 1.165) is 31.5 Å². The van der Waals surface area contributed by atoms with Crippen molar-refractivity contribution in [3.8, 4) is 0 Å². The van der Waals surface area contributed by atoms with Gasteiger partial charge in [0.25, 0.3) is 0 Å². The predicted molar refractivity (Wildman–Crippen MR) is 110 cm³/mol. The van der Waals surface area contributed by atoms with Crippen LogP contribution in [0.1, 0.15) is 42.0 Å². The topological polar surface area (TPSA) is 72.5 Å². The lowest BCUT2D eigenvalue weighted by Gasteiger charge is -2.41. The van der Waals surface area contributed by atoms with Crippen molar-refractivity contribution in [2.45, 2.75) is 43.4 Å². The number of carbonyl (C=O) groups excluding carboxylic acids is 1. The van der Waals surface area contributed by atoms with Gasteiger partial charge in [0.15, 0.2) is 0 Å². The molecule has 6 heteroatoms. The van der Waals surface area contributed by atoms with Crippen LogP contribution < -0.4 is 10.6 Å². The van der Waals surface area contributed by atoms with Crippen molar-refractivity contribution in [2.24, 2.45) is 0 Å². The van der Waals surface area contributed by atoms with Gasteiger partial charge in [-0.15, -0.1) is 0 Å². The first-order valence-corrected chi connectivity index (χ1v) is 10.3. The van der Waals surface area contributed by atoms with Gasteiger partial charge >= 0.3 is 0 Å². The second-order valence-corrected chi connectivity index (χ2v) is 7.87. The average Bonchev–Trinajstić information content (AvgIpc) is 3.01. The summed E-state index contributed by atoms with van der Waals surface area (Å²) in [6.45, 7) is 2.79. The van der Waals surface area contributed by atoms with Crippen molar-refractivity contribution in [2.75, 3.05) is 26.8 Å². The van der Waals surface area contributed by atoms with Gasteiger partial charge in [-0.25, -0.2) is 0 Å². The number of nitrogens with one attached hydrogen (secondary N) is 2. The van der Waals surface area contributed by atoms with Gasteiger partial charge in [-0.3, -0.25) is 9.78 Å². The van der Waals surface area contributed by atoms with Crippen molar-refractivity contribution in [1.29, 1.82) is 0 Å². The number of piperidine rings is 1. The first-order chi connectivity index (χ1) is 14.2. The predicted octanol–water partition coefficient (Wildman–Crippen LogP) is 2.50. The minimum absolute atomic E-state index is 0.00684. The minimum atomic E-state index is -0.162. The van der Waals surface area contributed by atoms with Gasteiger partial charge in [0.2, 0.25) is 5.91 Å². The molecule has 2 aromatic rings. The van der Waals surface area contributed by atoms with Crippen molar-refractivity contribution in [3.05, 3.63) is 65.5 Å². The molecule has 1 amide bonds. The number of carbonyl (C=O) groups is 1. The molecule has 2 N–H and O–H groups in total. The molecule has 1 aromatic heterocycles. The minimum Gasteiger partial charge on any atom is -0.384 e. The van der Waals surface area contributed by atoms with E-state index in [0.29, 0.717) is 19.6 Å². The summed E-state index contributed by atoms with van der Waals surface area (Å²) in [5.74, 6) is -0.00684. The Morgan fingerprint density at radius 2 is 2.07 bits per heavy atom. The summed E-state index contributed by atoms with van der Waals surface area (Å²) in [7, 11) is 1.61. The highest BCUT2D eigenvalue weighted by Gasteiger charge is 2.53. The molecule has 0 unspecified atom stereocenters. The van der Waals surface area contributed by atoms with Gasteiger partial charge in [0.05, 0.1) is 25.4 Å². The molecule has 6 nitrogen and oxygen atoms in total. The van der Waals surface area contributed by atoms with Crippen LogP contribution in [-0.4, -0.2) is 43.8 Å². The van der Waals surface area contributed by atoms with Gasteiger partial charge in [0.1, 0.15) is 0 Å². The van der Waals surface area contributed by atoms with E-state index in [1.54, 1.807) is 13.3 Å². The monoisotopic (exact) mass is 395 g/mol. The number of amides is 1. The van der Waals surface area contributed by atoms with Crippen molar-refractivity contribution in [3.63, 3.8) is 0 Å². The Bertz CT molecular complexity index is 821. The molecule has 154 valence electrons. The first kappa shape index (κ1) is 20.0. The third-order valence-electron chi connectivity index (χ3n) is 6.18. The Hall–Kier alpha value is -2.28. The third-order valence-corrected chi connectivity index (χ3v) is 6.18. The maximum atomic E-state index is 12.6. The molecule has 1 spiro atoms. The zero-order valence-electron chi connectivity index (χ0n) is 16.9. The van der Waals surface area contributed by atoms with Crippen LogP contribution >= 0.6 is 0 Å². The maximum absolute atomic E-state index is 12.6. The smallest absolute Gasteiger partial charge is 0.222 e. The highest BCUT2D eigenvalue weighted by molar-refractivity contribution is 5.77. The van der Waals surface area contributed by atoms with E-state index in [1.807, 2.05) is 24.4 Å². The Morgan fingerprint density at radius 3 is 2.83 bits per heavy atom. The molecule has 2 aliphatic rings. The Labute approximate surface area is 172 Å². The lowest BCUT2D eigenvalue weighted by atomic mass is 9.72. The van der Waals surface area contributed by atoms with E-state index in [1.165, 1.54) is 11.1 Å². The van der Waals surface area contributed by atoms with Crippen LogP contribution in [0.4, 0.5) is 0 Å². The standard InChI is InChI=1S/C23H29N3O3/c1-28-14-8-20(27)26-21-18-6-2-3-7-19(18)23(9-12-24-13-10-23)22(21)29-16-17-5-4-11-25-15-17/h2-7,11,15,21-22,24H,8-10,12-14,16H2,1H3,(H,26,27)/t21-,22+/m0/s1. The SMILES string of the molecule is COCCC(=O)N[C@H]1c2ccccc2C2(CCNCC2)[C@@H]1OCc1cccnc1. The van der Waals surface area contributed by atoms with Gasteiger partial charge in [-0.2, -0.15) is 0 Å². The summed E-state index contributed by atoms with van der Waals surface area (Å²) in [5, 5.41) is 6.72. The molecule has 1 fully saturated rings. The molecule has 4 rings (SSSR count). The van der Waals surface area contributed by atoms with E-state index in [4.69, 9.17) is 9.47 Å². The Morgan fingerprint density at radius 1 is 1.24 bits per heavy atom. The number of hydrogen-bond donors (Lipinski definition) is 2. The first-order valence-electron chi connectivity index (χ1n) is 10.3. The van der Waals surface area contributed by atoms with E-state index in [-0.39, 0.29) is 23.5 Å². The summed E-state index contributed by atoms with van der Waals surface area (Å²) >= 11 is 0. The lowest BCUT2D eigenvalue weighted by molar-refractivity contribution is -0.125. The molecule has 29 heavy (non-hydrogen) atoms. The highest BCUT2D eigenvalue weighted by atomic mass is 16.5. The van der Waals surface area contributed by atoms with Crippen LogP contribution in [0.25, 0.3) is 0 Å². The molecule has 1 aliphatic heterocycles. The van der Waals surface area contributed by atoms with E-state index in [9.17, 15) is 4.79 Å². The summed E-state index contributed by atoms with van der Waals surface area (Å²) in [5.41, 5.74) is 3.44. The average molecular weight is 396 g/mol. The molecule has 0 saturated carbocycles. The largest absolute Gasteiger partial charge is 0.384 e. The molecular weight excluding hydrogens is 366 g/mol. The second-order valence-electron chi connectivity index (χ2n) is 7.87. The van der Waals surface area contributed by atoms with Crippen molar-refractivity contribution in [1.82, 2.24) is 15.6 Å². The van der Waals surface area contributed by atoms with Crippen LogP contribution in [0.2, 0.25) is 0 Å². The zero-order chi connectivity index (χ0) is 20.1. The Kier molecular flexibility index (Phi) is 6.23. The fraction of sp³-hybridized carbons (Fsp3) is 0.478. The van der Waals surface area contributed by atoms with Gasteiger partial charge in [-0.1, -0.05) is 30.3 Å². The Balaban J connectivity index is 1.65. The molecule has 2 heterocycles. The highest BCUT2D eigenvalue weighted by Crippen LogP contribution is 2.51.